The molecule has 1 heterocycles. The quantitative estimate of drug-likeness (QED) is 0.744. The molecule has 3 rings (SSSR count). The molecule has 1 N–H and O–H groups in total. The number of methoxy groups -OCH3 is 1. The minimum Gasteiger partial charge on any atom is -0.380 e. The molecule has 3 aromatic rings. The summed E-state index contributed by atoms with van der Waals surface area (Å²) in [7, 11) is 1.54. The van der Waals surface area contributed by atoms with E-state index in [1.807, 2.05) is 37.3 Å². The van der Waals surface area contributed by atoms with Crippen LogP contribution in [0.15, 0.2) is 42.5 Å². The number of nitrogens with one attached hydrogen (secondary N) is 1. The molecule has 1 amide bonds. The van der Waals surface area contributed by atoms with E-state index in [9.17, 15) is 9.18 Å². The maximum atomic E-state index is 14.2. The summed E-state index contributed by atoms with van der Waals surface area (Å²) in [4.78, 5) is 13.1. The van der Waals surface area contributed by atoms with Crippen molar-refractivity contribution in [3.05, 3.63) is 69.8 Å². The molecular formula is C19H18FNO2S. The molecule has 0 saturated heterocycles. The van der Waals surface area contributed by atoms with Gasteiger partial charge in [-0.25, -0.2) is 4.39 Å². The van der Waals surface area contributed by atoms with Gasteiger partial charge in [0, 0.05) is 29.3 Å². The van der Waals surface area contributed by atoms with E-state index in [0.29, 0.717) is 22.4 Å². The van der Waals surface area contributed by atoms with Crippen LogP contribution in [-0.4, -0.2) is 13.0 Å². The van der Waals surface area contributed by atoms with Crippen LogP contribution in [0, 0.1) is 12.7 Å². The van der Waals surface area contributed by atoms with Crippen molar-refractivity contribution < 1.29 is 13.9 Å². The highest BCUT2D eigenvalue weighted by atomic mass is 32.1. The monoisotopic (exact) mass is 343 g/mol. The third-order valence-electron chi connectivity index (χ3n) is 3.83. The Kier molecular flexibility index (Phi) is 4.92. The Bertz CT molecular complexity index is 871. The fourth-order valence-electron chi connectivity index (χ4n) is 2.60. The molecule has 0 unspecified atom stereocenters. The molecule has 124 valence electrons. The molecule has 5 heteroatoms. The zero-order chi connectivity index (χ0) is 17.1. The van der Waals surface area contributed by atoms with Crippen LogP contribution in [0.5, 0.6) is 0 Å². The lowest BCUT2D eigenvalue weighted by molar-refractivity contribution is 0.0950. The van der Waals surface area contributed by atoms with Crippen molar-refractivity contribution in [1.82, 2.24) is 5.32 Å². The number of hydrogen-bond acceptors (Lipinski definition) is 3. The van der Waals surface area contributed by atoms with E-state index >= 15 is 0 Å². The second kappa shape index (κ2) is 7.11. The molecule has 0 radical (unpaired) electrons. The van der Waals surface area contributed by atoms with Gasteiger partial charge in [-0.2, -0.15) is 0 Å². The van der Waals surface area contributed by atoms with Crippen molar-refractivity contribution in [1.29, 1.82) is 0 Å². The van der Waals surface area contributed by atoms with Gasteiger partial charge >= 0.3 is 0 Å². The predicted octanol–water partition coefficient (Wildman–Crippen LogP) is 4.43. The minimum absolute atomic E-state index is 0.203. The number of aryl methyl sites for hydroxylation is 1. The normalized spacial score (nSPS) is 11.0. The van der Waals surface area contributed by atoms with Crippen LogP contribution in [-0.2, 0) is 17.9 Å². The van der Waals surface area contributed by atoms with Crippen molar-refractivity contribution in [2.75, 3.05) is 7.11 Å². The first kappa shape index (κ1) is 16.6. The van der Waals surface area contributed by atoms with Crippen LogP contribution in [0.1, 0.15) is 26.4 Å². The number of halogens is 1. The van der Waals surface area contributed by atoms with Crippen molar-refractivity contribution in [2.45, 2.75) is 20.1 Å². The highest BCUT2D eigenvalue weighted by Gasteiger charge is 2.20. The molecule has 0 atom stereocenters. The van der Waals surface area contributed by atoms with Crippen molar-refractivity contribution in [3.63, 3.8) is 0 Å². The van der Waals surface area contributed by atoms with Crippen LogP contribution < -0.4 is 5.32 Å². The van der Waals surface area contributed by atoms with Gasteiger partial charge in [0.05, 0.1) is 11.5 Å². The summed E-state index contributed by atoms with van der Waals surface area (Å²) >= 11 is 1.29. The topological polar surface area (TPSA) is 38.3 Å². The van der Waals surface area contributed by atoms with Gasteiger partial charge in [-0.1, -0.05) is 35.9 Å². The third kappa shape index (κ3) is 3.32. The first-order chi connectivity index (χ1) is 11.6. The number of carbonyl (C=O) groups is 1. The zero-order valence-corrected chi connectivity index (χ0v) is 14.4. The van der Waals surface area contributed by atoms with Crippen LogP contribution >= 0.6 is 11.3 Å². The van der Waals surface area contributed by atoms with Gasteiger partial charge in [0.25, 0.3) is 5.91 Å². The minimum atomic E-state index is -0.326. The molecule has 24 heavy (non-hydrogen) atoms. The average Bonchev–Trinajstić information content (AvgIpc) is 2.94. The van der Waals surface area contributed by atoms with Gasteiger partial charge in [0.2, 0.25) is 0 Å². The molecular weight excluding hydrogens is 325 g/mol. The fraction of sp³-hybridized carbons (Fsp3) is 0.211. The number of fused-ring (bicyclic) bond motifs is 1. The molecule has 0 saturated carbocycles. The third-order valence-corrected chi connectivity index (χ3v) is 5.03. The van der Waals surface area contributed by atoms with E-state index < -0.39 is 0 Å². The first-order valence-electron chi connectivity index (χ1n) is 7.62. The lowest BCUT2D eigenvalue weighted by Gasteiger charge is -2.07. The van der Waals surface area contributed by atoms with Gasteiger partial charge < -0.3 is 10.1 Å². The van der Waals surface area contributed by atoms with Crippen LogP contribution in [0.3, 0.4) is 0 Å². The summed E-state index contributed by atoms with van der Waals surface area (Å²) in [5.41, 5.74) is 2.80. The molecule has 0 aliphatic rings. The van der Waals surface area contributed by atoms with Crippen LogP contribution in [0.2, 0.25) is 0 Å². The number of amides is 1. The second-order valence-electron chi connectivity index (χ2n) is 5.62. The number of hydrogen-bond donors (Lipinski definition) is 1. The molecule has 0 fully saturated rings. The lowest BCUT2D eigenvalue weighted by Crippen LogP contribution is -2.23. The van der Waals surface area contributed by atoms with Gasteiger partial charge in [-0.3, -0.25) is 4.79 Å². The summed E-state index contributed by atoms with van der Waals surface area (Å²) in [6, 6.07) is 12.9. The molecule has 3 nitrogen and oxygen atoms in total. The summed E-state index contributed by atoms with van der Waals surface area (Å²) in [5, 5.41) is 3.38. The predicted molar refractivity (Wildman–Crippen MR) is 94.8 cm³/mol. The molecule has 1 aromatic heterocycles. The molecule has 2 aromatic carbocycles. The summed E-state index contributed by atoms with van der Waals surface area (Å²) in [6.45, 7) is 2.65. The Balaban J connectivity index is 1.87. The van der Waals surface area contributed by atoms with E-state index in [1.165, 1.54) is 23.0 Å². The smallest absolute Gasteiger partial charge is 0.262 e. The SMILES string of the molecule is COCc1c(C(=O)NCc2ccc(C)cc2)sc2cccc(F)c12. The second-order valence-corrected chi connectivity index (χ2v) is 6.68. The van der Waals surface area contributed by atoms with Gasteiger partial charge in [-0.05, 0) is 24.6 Å². The number of rotatable bonds is 5. The molecule has 0 spiro atoms. The van der Waals surface area contributed by atoms with Crippen LogP contribution in [0.4, 0.5) is 4.39 Å². The number of ether oxygens (including phenoxy) is 1. The van der Waals surface area contributed by atoms with Crippen LogP contribution in [0.25, 0.3) is 10.1 Å². The Morgan fingerprint density at radius 3 is 2.67 bits per heavy atom. The average molecular weight is 343 g/mol. The van der Waals surface area contributed by atoms with E-state index in [4.69, 9.17) is 4.74 Å². The largest absolute Gasteiger partial charge is 0.380 e. The van der Waals surface area contributed by atoms with Crippen molar-refractivity contribution in [2.24, 2.45) is 0 Å². The summed E-state index contributed by atoms with van der Waals surface area (Å²) in [6.07, 6.45) is 0. The number of benzene rings is 2. The highest BCUT2D eigenvalue weighted by molar-refractivity contribution is 7.21. The van der Waals surface area contributed by atoms with Gasteiger partial charge in [0.15, 0.2) is 0 Å². The van der Waals surface area contributed by atoms with Gasteiger partial charge in [0.1, 0.15) is 5.82 Å². The molecule has 0 bridgehead atoms. The van der Waals surface area contributed by atoms with E-state index in [-0.39, 0.29) is 18.3 Å². The number of thiophene rings is 1. The standard InChI is InChI=1S/C19H18FNO2S/c1-12-6-8-13(9-7-12)10-21-19(22)18-14(11-23-2)17-15(20)4-3-5-16(17)24-18/h3-9H,10-11H2,1-2H3,(H,21,22). The summed E-state index contributed by atoms with van der Waals surface area (Å²) in [5.74, 6) is -0.531. The maximum absolute atomic E-state index is 14.2. The fourth-order valence-corrected chi connectivity index (χ4v) is 3.74. The molecule has 0 aliphatic carbocycles. The van der Waals surface area contributed by atoms with E-state index in [2.05, 4.69) is 5.32 Å². The molecule has 0 aliphatic heterocycles. The van der Waals surface area contributed by atoms with Crippen molar-refractivity contribution >= 4 is 27.3 Å². The Labute approximate surface area is 144 Å². The maximum Gasteiger partial charge on any atom is 0.262 e. The van der Waals surface area contributed by atoms with Crippen molar-refractivity contribution in [3.8, 4) is 0 Å². The Morgan fingerprint density at radius 1 is 1.21 bits per heavy atom. The lowest BCUT2D eigenvalue weighted by atomic mass is 10.1. The zero-order valence-electron chi connectivity index (χ0n) is 13.6. The van der Waals surface area contributed by atoms with E-state index in [1.54, 1.807) is 13.2 Å². The highest BCUT2D eigenvalue weighted by Crippen LogP contribution is 2.33. The Morgan fingerprint density at radius 2 is 1.96 bits per heavy atom. The van der Waals surface area contributed by atoms with E-state index in [0.717, 1.165) is 10.3 Å². The van der Waals surface area contributed by atoms with Gasteiger partial charge in [-0.15, -0.1) is 11.3 Å². The Hall–Kier alpha value is -2.24. The summed E-state index contributed by atoms with van der Waals surface area (Å²) < 4.78 is 20.1. The number of carbonyl (C=O) groups excluding carboxylic acids is 1. The first-order valence-corrected chi connectivity index (χ1v) is 8.44.